The summed E-state index contributed by atoms with van der Waals surface area (Å²) in [5.41, 5.74) is 2.30. The molecular formula is C17H22N2O3. The van der Waals surface area contributed by atoms with Crippen molar-refractivity contribution >= 4 is 17.7 Å². The Morgan fingerprint density at radius 2 is 1.77 bits per heavy atom. The Labute approximate surface area is 130 Å². The van der Waals surface area contributed by atoms with E-state index in [0.717, 1.165) is 12.0 Å². The molecule has 1 aromatic rings. The SMILES string of the molecule is CCc1ccc(C(C)NC(=O)CCN2C(=O)CCC2=O)cc1. The van der Waals surface area contributed by atoms with Crippen LogP contribution in [0.15, 0.2) is 24.3 Å². The van der Waals surface area contributed by atoms with Crippen molar-refractivity contribution in [1.82, 2.24) is 10.2 Å². The lowest BCUT2D eigenvalue weighted by Crippen LogP contribution is -2.34. The minimum absolute atomic E-state index is 0.0941. The first kappa shape index (κ1) is 16.2. The fraction of sp³-hybridized carbons (Fsp3) is 0.471. The van der Waals surface area contributed by atoms with Gasteiger partial charge in [-0.15, -0.1) is 0 Å². The average Bonchev–Trinajstić information content (AvgIpc) is 2.84. The number of rotatable bonds is 6. The fourth-order valence-corrected chi connectivity index (χ4v) is 2.52. The molecule has 1 aromatic carbocycles. The Morgan fingerprint density at radius 1 is 1.18 bits per heavy atom. The summed E-state index contributed by atoms with van der Waals surface area (Å²) in [6.07, 6.45) is 1.66. The van der Waals surface area contributed by atoms with Gasteiger partial charge in [-0.1, -0.05) is 31.2 Å². The van der Waals surface area contributed by atoms with E-state index in [9.17, 15) is 14.4 Å². The molecule has 1 aliphatic rings. The number of imide groups is 1. The quantitative estimate of drug-likeness (QED) is 0.817. The van der Waals surface area contributed by atoms with Crippen LogP contribution in [0.5, 0.6) is 0 Å². The van der Waals surface area contributed by atoms with E-state index in [1.807, 2.05) is 19.1 Å². The summed E-state index contributed by atoms with van der Waals surface area (Å²) < 4.78 is 0. The molecule has 1 atom stereocenters. The van der Waals surface area contributed by atoms with E-state index >= 15 is 0 Å². The van der Waals surface area contributed by atoms with Crippen molar-refractivity contribution in [3.63, 3.8) is 0 Å². The zero-order valence-electron chi connectivity index (χ0n) is 13.1. The van der Waals surface area contributed by atoms with Gasteiger partial charge >= 0.3 is 0 Å². The number of carbonyl (C=O) groups is 3. The van der Waals surface area contributed by atoms with E-state index in [1.165, 1.54) is 10.5 Å². The van der Waals surface area contributed by atoms with E-state index in [0.29, 0.717) is 0 Å². The molecule has 0 radical (unpaired) electrons. The first-order chi connectivity index (χ1) is 10.5. The third-order valence-corrected chi connectivity index (χ3v) is 3.98. The van der Waals surface area contributed by atoms with Gasteiger partial charge in [-0.2, -0.15) is 0 Å². The molecular weight excluding hydrogens is 280 g/mol. The summed E-state index contributed by atoms with van der Waals surface area (Å²) in [5.74, 6) is -0.512. The van der Waals surface area contributed by atoms with Gasteiger partial charge in [-0.25, -0.2) is 0 Å². The lowest BCUT2D eigenvalue weighted by molar-refractivity contribution is -0.138. The zero-order valence-corrected chi connectivity index (χ0v) is 13.1. The number of nitrogens with zero attached hydrogens (tertiary/aromatic N) is 1. The van der Waals surface area contributed by atoms with Gasteiger partial charge in [0, 0.05) is 25.8 Å². The predicted molar refractivity (Wildman–Crippen MR) is 82.9 cm³/mol. The molecule has 0 spiro atoms. The summed E-state index contributed by atoms with van der Waals surface area (Å²) in [7, 11) is 0. The van der Waals surface area contributed by atoms with Crippen LogP contribution < -0.4 is 5.32 Å². The highest BCUT2D eigenvalue weighted by Crippen LogP contribution is 2.15. The summed E-state index contributed by atoms with van der Waals surface area (Å²) in [6.45, 7) is 4.19. The van der Waals surface area contributed by atoms with Crippen molar-refractivity contribution in [3.05, 3.63) is 35.4 Å². The summed E-state index contributed by atoms with van der Waals surface area (Å²) in [6, 6.07) is 8.04. The molecule has 0 aliphatic carbocycles. The van der Waals surface area contributed by atoms with Crippen LogP contribution in [0.2, 0.25) is 0 Å². The second-order valence-electron chi connectivity index (χ2n) is 5.57. The van der Waals surface area contributed by atoms with Crippen molar-refractivity contribution < 1.29 is 14.4 Å². The molecule has 0 saturated carbocycles. The number of hydrogen-bond acceptors (Lipinski definition) is 3. The molecule has 118 valence electrons. The van der Waals surface area contributed by atoms with Crippen molar-refractivity contribution in [2.75, 3.05) is 6.54 Å². The maximum absolute atomic E-state index is 12.0. The van der Waals surface area contributed by atoms with E-state index in [-0.39, 0.29) is 49.6 Å². The van der Waals surface area contributed by atoms with Gasteiger partial charge in [-0.3, -0.25) is 19.3 Å². The fourth-order valence-electron chi connectivity index (χ4n) is 2.52. The zero-order chi connectivity index (χ0) is 16.1. The summed E-state index contributed by atoms with van der Waals surface area (Å²) >= 11 is 0. The molecule has 2 rings (SSSR count). The van der Waals surface area contributed by atoms with E-state index in [1.54, 1.807) is 0 Å². The molecule has 1 fully saturated rings. The summed E-state index contributed by atoms with van der Waals surface area (Å²) in [5, 5.41) is 2.90. The first-order valence-electron chi connectivity index (χ1n) is 7.72. The van der Waals surface area contributed by atoms with E-state index in [2.05, 4.69) is 24.4 Å². The summed E-state index contributed by atoms with van der Waals surface area (Å²) in [4.78, 5) is 36.1. The van der Waals surface area contributed by atoms with Gasteiger partial charge in [0.1, 0.15) is 0 Å². The van der Waals surface area contributed by atoms with E-state index in [4.69, 9.17) is 0 Å². The van der Waals surface area contributed by atoms with Crippen molar-refractivity contribution in [2.45, 2.75) is 45.6 Å². The number of hydrogen-bond donors (Lipinski definition) is 1. The third-order valence-electron chi connectivity index (χ3n) is 3.98. The van der Waals surface area contributed by atoms with Crippen LogP contribution in [-0.4, -0.2) is 29.2 Å². The van der Waals surface area contributed by atoms with Gasteiger partial charge in [0.15, 0.2) is 0 Å². The normalized spacial score (nSPS) is 16.0. The smallest absolute Gasteiger partial charge is 0.229 e. The molecule has 1 heterocycles. The molecule has 5 heteroatoms. The highest BCUT2D eigenvalue weighted by Gasteiger charge is 2.28. The van der Waals surface area contributed by atoms with Crippen LogP contribution in [0, 0.1) is 0 Å². The van der Waals surface area contributed by atoms with E-state index < -0.39 is 0 Å². The minimum atomic E-state index is -0.180. The average molecular weight is 302 g/mol. The molecule has 1 N–H and O–H groups in total. The maximum atomic E-state index is 12.0. The van der Waals surface area contributed by atoms with Crippen molar-refractivity contribution in [1.29, 1.82) is 0 Å². The van der Waals surface area contributed by atoms with Crippen LogP contribution in [0.1, 0.15) is 50.3 Å². The number of aryl methyl sites for hydroxylation is 1. The molecule has 1 unspecified atom stereocenters. The highest BCUT2D eigenvalue weighted by atomic mass is 16.2. The second kappa shape index (κ2) is 7.20. The Balaban J connectivity index is 1.83. The molecule has 22 heavy (non-hydrogen) atoms. The lowest BCUT2D eigenvalue weighted by Gasteiger charge is -2.17. The van der Waals surface area contributed by atoms with Crippen molar-refractivity contribution in [3.8, 4) is 0 Å². The van der Waals surface area contributed by atoms with Gasteiger partial charge in [-0.05, 0) is 24.5 Å². The molecule has 3 amide bonds. The van der Waals surface area contributed by atoms with Crippen LogP contribution in [-0.2, 0) is 20.8 Å². The first-order valence-corrected chi connectivity index (χ1v) is 7.72. The number of carbonyl (C=O) groups excluding carboxylic acids is 3. The number of likely N-dealkylation sites (tertiary alicyclic amines) is 1. The molecule has 1 aliphatic heterocycles. The Hall–Kier alpha value is -2.17. The Bertz CT molecular complexity index is 550. The lowest BCUT2D eigenvalue weighted by atomic mass is 10.0. The highest BCUT2D eigenvalue weighted by molar-refractivity contribution is 6.02. The largest absolute Gasteiger partial charge is 0.350 e. The molecule has 0 aromatic heterocycles. The van der Waals surface area contributed by atoms with Crippen LogP contribution in [0.4, 0.5) is 0 Å². The van der Waals surface area contributed by atoms with Gasteiger partial charge in [0.2, 0.25) is 17.7 Å². The Morgan fingerprint density at radius 3 is 2.32 bits per heavy atom. The molecule has 1 saturated heterocycles. The Kier molecular flexibility index (Phi) is 5.31. The standard InChI is InChI=1S/C17H22N2O3/c1-3-13-4-6-14(7-5-13)12(2)18-15(20)10-11-19-16(21)8-9-17(19)22/h4-7,12H,3,8-11H2,1-2H3,(H,18,20). The van der Waals surface area contributed by atoms with Gasteiger partial charge in [0.05, 0.1) is 6.04 Å². The third kappa shape index (κ3) is 3.93. The van der Waals surface area contributed by atoms with Crippen LogP contribution >= 0.6 is 0 Å². The van der Waals surface area contributed by atoms with Crippen molar-refractivity contribution in [2.24, 2.45) is 0 Å². The minimum Gasteiger partial charge on any atom is -0.350 e. The van der Waals surface area contributed by atoms with Crippen LogP contribution in [0.25, 0.3) is 0 Å². The van der Waals surface area contributed by atoms with Gasteiger partial charge in [0.25, 0.3) is 0 Å². The molecule has 5 nitrogen and oxygen atoms in total. The van der Waals surface area contributed by atoms with Gasteiger partial charge < -0.3 is 5.32 Å². The number of nitrogens with one attached hydrogen (secondary N) is 1. The number of amides is 3. The molecule has 0 bridgehead atoms. The maximum Gasteiger partial charge on any atom is 0.229 e. The topological polar surface area (TPSA) is 66.5 Å². The predicted octanol–water partition coefficient (Wildman–Crippen LogP) is 1.97. The monoisotopic (exact) mass is 302 g/mol. The number of benzene rings is 1. The van der Waals surface area contributed by atoms with Crippen LogP contribution in [0.3, 0.4) is 0 Å². The second-order valence-corrected chi connectivity index (χ2v) is 5.57.